The molecule has 0 bridgehead atoms. The molecule has 2 aliphatic heterocycles. The molecule has 1 aliphatic carbocycles. The maximum atomic E-state index is 12.8. The highest BCUT2D eigenvalue weighted by molar-refractivity contribution is 6.32. The Labute approximate surface area is 152 Å². The molecule has 2 N–H and O–H groups in total. The molecule has 5 nitrogen and oxygen atoms in total. The van der Waals surface area contributed by atoms with Crippen LogP contribution >= 0.6 is 11.6 Å². The molecule has 2 fully saturated rings. The summed E-state index contributed by atoms with van der Waals surface area (Å²) in [5.74, 6) is -0.657. The van der Waals surface area contributed by atoms with E-state index in [1.54, 1.807) is 0 Å². The Bertz CT molecular complexity index is 770. The minimum absolute atomic E-state index is 0.124. The van der Waals surface area contributed by atoms with Crippen molar-refractivity contribution in [2.24, 2.45) is 0 Å². The highest BCUT2D eigenvalue weighted by atomic mass is 35.5. The van der Waals surface area contributed by atoms with Gasteiger partial charge in [0.25, 0.3) is 5.91 Å². The monoisotopic (exact) mass is 363 g/mol. The Kier molecular flexibility index (Phi) is 3.87. The van der Waals surface area contributed by atoms with Crippen molar-refractivity contribution in [1.29, 1.82) is 0 Å². The average molecular weight is 364 g/mol. The number of nitrogens with one attached hydrogen (secondary N) is 1. The van der Waals surface area contributed by atoms with Gasteiger partial charge in [0.2, 0.25) is 0 Å². The number of aliphatic hydroxyl groups excluding tert-OH is 1. The predicted molar refractivity (Wildman–Crippen MR) is 94.5 cm³/mol. The van der Waals surface area contributed by atoms with Gasteiger partial charge in [0.1, 0.15) is 5.76 Å². The number of halogens is 1. The first-order chi connectivity index (χ1) is 11.9. The molecule has 25 heavy (non-hydrogen) atoms. The van der Waals surface area contributed by atoms with E-state index in [1.807, 2.05) is 26.0 Å². The summed E-state index contributed by atoms with van der Waals surface area (Å²) in [4.78, 5) is 12.8. The van der Waals surface area contributed by atoms with Crippen molar-refractivity contribution in [1.82, 2.24) is 5.32 Å². The van der Waals surface area contributed by atoms with Gasteiger partial charge in [0, 0.05) is 17.9 Å². The molecule has 3 aliphatic rings. The standard InChI is InChI=1S/C19H22ClNO4/c1-11-3-4-13(20)12(2)14(11)15-16(22)18(21-17(15)23)5-7-19(8-6-18)24-9-10-25-19/h3-4,22H,5-10H2,1-2H3,(H,21,23). The lowest BCUT2D eigenvalue weighted by Gasteiger charge is -2.41. The minimum Gasteiger partial charge on any atom is -0.509 e. The molecule has 1 aromatic rings. The van der Waals surface area contributed by atoms with Crippen molar-refractivity contribution in [3.8, 4) is 0 Å². The third-order valence-corrected chi connectivity index (χ3v) is 6.22. The molecule has 1 saturated heterocycles. The van der Waals surface area contributed by atoms with Crippen molar-refractivity contribution in [3.05, 3.63) is 39.6 Å². The quantitative estimate of drug-likeness (QED) is 0.802. The molecule has 1 saturated carbocycles. The molecule has 134 valence electrons. The fraction of sp³-hybridized carbons (Fsp3) is 0.526. The van der Waals surface area contributed by atoms with E-state index in [1.165, 1.54) is 0 Å². The molecular formula is C19H22ClNO4. The van der Waals surface area contributed by atoms with Crippen LogP contribution in [0.15, 0.2) is 17.9 Å². The van der Waals surface area contributed by atoms with Crippen LogP contribution in [0.25, 0.3) is 5.57 Å². The Morgan fingerprint density at radius 1 is 1.12 bits per heavy atom. The molecule has 2 spiro atoms. The van der Waals surface area contributed by atoms with Gasteiger partial charge in [-0.1, -0.05) is 17.7 Å². The van der Waals surface area contributed by atoms with Crippen molar-refractivity contribution in [3.63, 3.8) is 0 Å². The summed E-state index contributed by atoms with van der Waals surface area (Å²) in [6.07, 6.45) is 2.48. The van der Waals surface area contributed by atoms with E-state index in [0.717, 1.165) is 16.7 Å². The number of hydrogen-bond donors (Lipinski definition) is 2. The number of benzene rings is 1. The molecule has 0 aromatic heterocycles. The molecule has 0 atom stereocenters. The Morgan fingerprint density at radius 2 is 1.76 bits per heavy atom. The van der Waals surface area contributed by atoms with Gasteiger partial charge in [0.05, 0.1) is 24.3 Å². The summed E-state index contributed by atoms with van der Waals surface area (Å²) in [7, 11) is 0. The zero-order chi connectivity index (χ0) is 17.8. The first-order valence-electron chi connectivity index (χ1n) is 8.68. The second kappa shape index (κ2) is 5.73. The largest absolute Gasteiger partial charge is 0.509 e. The Balaban J connectivity index is 1.73. The lowest BCUT2D eigenvalue weighted by molar-refractivity contribution is -0.185. The third kappa shape index (κ3) is 2.48. The number of rotatable bonds is 1. The van der Waals surface area contributed by atoms with Gasteiger partial charge in [-0.2, -0.15) is 0 Å². The Hall–Kier alpha value is -1.56. The smallest absolute Gasteiger partial charge is 0.256 e. The maximum Gasteiger partial charge on any atom is 0.256 e. The number of ether oxygens (including phenoxy) is 2. The summed E-state index contributed by atoms with van der Waals surface area (Å²) < 4.78 is 11.5. The number of carbonyl (C=O) groups excluding carboxylic acids is 1. The van der Waals surface area contributed by atoms with Gasteiger partial charge >= 0.3 is 0 Å². The number of hydrogen-bond acceptors (Lipinski definition) is 4. The predicted octanol–water partition coefficient (Wildman–Crippen LogP) is 3.41. The lowest BCUT2D eigenvalue weighted by atomic mass is 9.77. The fourth-order valence-electron chi connectivity index (χ4n) is 4.33. The third-order valence-electron chi connectivity index (χ3n) is 5.81. The molecule has 1 aromatic carbocycles. The van der Waals surface area contributed by atoms with Gasteiger partial charge < -0.3 is 19.9 Å². The molecule has 4 rings (SSSR count). The molecule has 0 radical (unpaired) electrons. The van der Waals surface area contributed by atoms with Crippen LogP contribution in [0.5, 0.6) is 0 Å². The van der Waals surface area contributed by atoms with Gasteiger partial charge in [-0.25, -0.2) is 0 Å². The lowest BCUT2D eigenvalue weighted by Crippen LogP contribution is -2.51. The normalized spacial score (nSPS) is 24.4. The van der Waals surface area contributed by atoms with Crippen molar-refractivity contribution >= 4 is 23.1 Å². The number of carbonyl (C=O) groups is 1. The van der Waals surface area contributed by atoms with Crippen LogP contribution in [-0.2, 0) is 14.3 Å². The van der Waals surface area contributed by atoms with Gasteiger partial charge in [-0.05, 0) is 49.4 Å². The van der Waals surface area contributed by atoms with E-state index < -0.39 is 11.3 Å². The fourth-order valence-corrected chi connectivity index (χ4v) is 4.49. The van der Waals surface area contributed by atoms with E-state index in [-0.39, 0.29) is 11.7 Å². The second-order valence-corrected chi connectivity index (χ2v) is 7.64. The summed E-state index contributed by atoms with van der Waals surface area (Å²) in [5.41, 5.74) is 2.08. The zero-order valence-corrected chi connectivity index (χ0v) is 15.2. The molecule has 0 unspecified atom stereocenters. The zero-order valence-electron chi connectivity index (χ0n) is 14.4. The topological polar surface area (TPSA) is 67.8 Å². The summed E-state index contributed by atoms with van der Waals surface area (Å²) in [5, 5.41) is 14.6. The van der Waals surface area contributed by atoms with E-state index in [0.29, 0.717) is 49.5 Å². The maximum absolute atomic E-state index is 12.8. The highest BCUT2D eigenvalue weighted by Crippen LogP contribution is 2.47. The van der Waals surface area contributed by atoms with Crippen LogP contribution in [0.1, 0.15) is 42.4 Å². The number of aliphatic hydroxyl groups is 1. The van der Waals surface area contributed by atoms with E-state index in [2.05, 4.69) is 5.32 Å². The van der Waals surface area contributed by atoms with Crippen LogP contribution in [0.4, 0.5) is 0 Å². The summed E-state index contributed by atoms with van der Waals surface area (Å²) in [6, 6.07) is 3.69. The molecule has 2 heterocycles. The van der Waals surface area contributed by atoms with Gasteiger partial charge in [-0.3, -0.25) is 4.79 Å². The van der Waals surface area contributed by atoms with E-state index in [9.17, 15) is 9.90 Å². The van der Waals surface area contributed by atoms with E-state index in [4.69, 9.17) is 21.1 Å². The SMILES string of the molecule is Cc1ccc(Cl)c(C)c1C1=C(O)C2(CCC3(CC2)OCCO3)NC1=O. The van der Waals surface area contributed by atoms with Crippen molar-refractivity contribution in [2.75, 3.05) is 13.2 Å². The van der Waals surface area contributed by atoms with Gasteiger partial charge in [0.15, 0.2) is 5.79 Å². The van der Waals surface area contributed by atoms with Gasteiger partial charge in [-0.15, -0.1) is 0 Å². The first-order valence-corrected chi connectivity index (χ1v) is 9.06. The van der Waals surface area contributed by atoms with Crippen LogP contribution in [0, 0.1) is 13.8 Å². The van der Waals surface area contributed by atoms with Crippen LogP contribution in [-0.4, -0.2) is 35.6 Å². The van der Waals surface area contributed by atoms with Crippen molar-refractivity contribution in [2.45, 2.75) is 50.9 Å². The second-order valence-electron chi connectivity index (χ2n) is 7.23. The van der Waals surface area contributed by atoms with Crippen LogP contribution in [0.3, 0.4) is 0 Å². The van der Waals surface area contributed by atoms with E-state index >= 15 is 0 Å². The van der Waals surface area contributed by atoms with Crippen molar-refractivity contribution < 1.29 is 19.4 Å². The van der Waals surface area contributed by atoms with Crippen LogP contribution < -0.4 is 5.32 Å². The average Bonchev–Trinajstić information content (AvgIpc) is 3.13. The Morgan fingerprint density at radius 3 is 2.40 bits per heavy atom. The minimum atomic E-state index is -0.728. The molecule has 6 heteroatoms. The molecular weight excluding hydrogens is 342 g/mol. The number of amides is 1. The summed E-state index contributed by atoms with van der Waals surface area (Å²) >= 11 is 6.25. The number of aryl methyl sites for hydroxylation is 1. The summed E-state index contributed by atoms with van der Waals surface area (Å²) in [6.45, 7) is 5.01. The first kappa shape index (κ1) is 16.9. The van der Waals surface area contributed by atoms with Crippen LogP contribution in [0.2, 0.25) is 5.02 Å². The molecule has 1 amide bonds. The highest BCUT2D eigenvalue weighted by Gasteiger charge is 2.53.